The Morgan fingerprint density at radius 3 is 2.14 bits per heavy atom. The van der Waals surface area contributed by atoms with Crippen LogP contribution in [-0.4, -0.2) is 24.2 Å². The summed E-state index contributed by atoms with van der Waals surface area (Å²) in [6, 6.07) is 8.28. The summed E-state index contributed by atoms with van der Waals surface area (Å²) in [7, 11) is 1.17. The minimum Gasteiger partial charge on any atom is -0.478 e. The molecule has 1 N–H and O–H groups in total. The molecule has 0 aromatic heterocycles. The fourth-order valence-electron chi connectivity index (χ4n) is 1.84. The summed E-state index contributed by atoms with van der Waals surface area (Å²) >= 11 is 5.87. The number of esters is 1. The summed E-state index contributed by atoms with van der Waals surface area (Å²) in [5.74, 6) is -2.63. The first kappa shape index (κ1) is 15.0. The molecule has 6 heteroatoms. The van der Waals surface area contributed by atoms with Gasteiger partial charge in [0.1, 0.15) is 5.82 Å². The van der Waals surface area contributed by atoms with Crippen molar-refractivity contribution in [2.75, 3.05) is 7.11 Å². The Hall–Kier alpha value is -2.40. The average Bonchev–Trinajstić information content (AvgIpc) is 2.45. The number of carbonyl (C=O) groups is 2. The Bertz CT molecular complexity index is 728. The van der Waals surface area contributed by atoms with Crippen molar-refractivity contribution in [3.05, 3.63) is 58.4 Å². The van der Waals surface area contributed by atoms with Gasteiger partial charge in [0.2, 0.25) is 0 Å². The number of methoxy groups -OCH3 is 1. The van der Waals surface area contributed by atoms with Crippen molar-refractivity contribution in [1.82, 2.24) is 0 Å². The molecule has 2 aromatic carbocycles. The highest BCUT2D eigenvalue weighted by Crippen LogP contribution is 2.27. The van der Waals surface area contributed by atoms with Crippen LogP contribution in [0.2, 0.25) is 5.02 Å². The molecule has 2 aromatic rings. The van der Waals surface area contributed by atoms with E-state index in [1.807, 2.05) is 0 Å². The number of hydrogen-bond acceptors (Lipinski definition) is 3. The second-order valence-corrected chi connectivity index (χ2v) is 4.59. The highest BCUT2D eigenvalue weighted by molar-refractivity contribution is 6.33. The third-order valence-electron chi connectivity index (χ3n) is 2.91. The Morgan fingerprint density at radius 2 is 1.67 bits per heavy atom. The number of carboxylic acid groups (broad SMARTS) is 1. The van der Waals surface area contributed by atoms with Gasteiger partial charge < -0.3 is 9.84 Å². The van der Waals surface area contributed by atoms with Gasteiger partial charge in [-0.15, -0.1) is 0 Å². The van der Waals surface area contributed by atoms with Crippen LogP contribution in [0.5, 0.6) is 0 Å². The number of carbonyl (C=O) groups excluding carboxylic acids is 1. The first-order valence-corrected chi connectivity index (χ1v) is 6.23. The summed E-state index contributed by atoms with van der Waals surface area (Å²) in [4.78, 5) is 22.2. The lowest BCUT2D eigenvalue weighted by atomic mass is 10.0. The van der Waals surface area contributed by atoms with E-state index in [1.165, 1.54) is 43.5 Å². The second kappa shape index (κ2) is 5.93. The van der Waals surface area contributed by atoms with Gasteiger partial charge in [0, 0.05) is 0 Å². The van der Waals surface area contributed by atoms with E-state index in [1.54, 1.807) is 0 Å². The second-order valence-electron chi connectivity index (χ2n) is 4.19. The molecule has 0 saturated heterocycles. The summed E-state index contributed by atoms with van der Waals surface area (Å²) < 4.78 is 18.3. The molecule has 0 spiro atoms. The standard InChI is InChI=1S/C15H10ClFO4/c1-21-15(20)11-5-3-9(7-13(11)17)8-2-4-10(14(18)19)12(16)6-8/h2-7H,1H3,(H,18,19). The Balaban J connectivity index is 2.44. The van der Waals surface area contributed by atoms with Crippen molar-refractivity contribution in [3.63, 3.8) is 0 Å². The van der Waals surface area contributed by atoms with Crippen molar-refractivity contribution in [2.24, 2.45) is 0 Å². The van der Waals surface area contributed by atoms with E-state index in [0.717, 1.165) is 0 Å². The minimum absolute atomic E-state index is 0.0351. The number of carboxylic acids is 1. The largest absolute Gasteiger partial charge is 0.478 e. The number of benzene rings is 2. The lowest BCUT2D eigenvalue weighted by Crippen LogP contribution is -2.04. The summed E-state index contributed by atoms with van der Waals surface area (Å²) in [6.07, 6.45) is 0. The number of hydrogen-bond donors (Lipinski definition) is 1. The van der Waals surface area contributed by atoms with E-state index in [4.69, 9.17) is 16.7 Å². The fraction of sp³-hybridized carbons (Fsp3) is 0.0667. The molecule has 0 bridgehead atoms. The van der Waals surface area contributed by atoms with Gasteiger partial charge in [-0.2, -0.15) is 0 Å². The molecule has 0 aliphatic carbocycles. The van der Waals surface area contributed by atoms with Crippen LogP contribution < -0.4 is 0 Å². The predicted octanol–water partition coefficient (Wildman–Crippen LogP) is 3.63. The normalized spacial score (nSPS) is 10.2. The molecule has 0 amide bonds. The van der Waals surface area contributed by atoms with E-state index < -0.39 is 17.8 Å². The van der Waals surface area contributed by atoms with Crippen molar-refractivity contribution < 1.29 is 23.8 Å². The zero-order valence-corrected chi connectivity index (χ0v) is 11.6. The molecule has 0 heterocycles. The topological polar surface area (TPSA) is 63.6 Å². The van der Waals surface area contributed by atoms with Gasteiger partial charge in [-0.3, -0.25) is 0 Å². The van der Waals surface area contributed by atoms with Gasteiger partial charge in [-0.1, -0.05) is 23.7 Å². The van der Waals surface area contributed by atoms with Crippen molar-refractivity contribution in [1.29, 1.82) is 0 Å². The molecule has 108 valence electrons. The van der Waals surface area contributed by atoms with Gasteiger partial charge in [-0.05, 0) is 35.4 Å². The minimum atomic E-state index is -1.14. The van der Waals surface area contributed by atoms with Gasteiger partial charge in [0.25, 0.3) is 0 Å². The van der Waals surface area contributed by atoms with Gasteiger partial charge in [-0.25, -0.2) is 14.0 Å². The number of halogens is 2. The monoisotopic (exact) mass is 308 g/mol. The predicted molar refractivity (Wildman–Crippen MR) is 75.1 cm³/mol. The smallest absolute Gasteiger partial charge is 0.340 e. The number of rotatable bonds is 3. The molecule has 0 atom stereocenters. The van der Waals surface area contributed by atoms with Crippen LogP contribution in [-0.2, 0) is 4.74 Å². The van der Waals surface area contributed by atoms with Gasteiger partial charge in [0.15, 0.2) is 0 Å². The number of aromatic carboxylic acids is 1. The third kappa shape index (κ3) is 3.03. The third-order valence-corrected chi connectivity index (χ3v) is 3.22. The van der Waals surface area contributed by atoms with Crippen molar-refractivity contribution in [2.45, 2.75) is 0 Å². The molecule has 0 saturated carbocycles. The molecule has 0 aliphatic rings. The highest BCUT2D eigenvalue weighted by atomic mass is 35.5. The van der Waals surface area contributed by atoms with E-state index in [2.05, 4.69) is 4.74 Å². The SMILES string of the molecule is COC(=O)c1ccc(-c2ccc(C(=O)O)c(Cl)c2)cc1F. The van der Waals surface area contributed by atoms with E-state index in [0.29, 0.717) is 11.1 Å². The molecular weight excluding hydrogens is 299 g/mol. The van der Waals surface area contributed by atoms with Crippen LogP contribution in [0, 0.1) is 5.82 Å². The fourth-order valence-corrected chi connectivity index (χ4v) is 2.10. The lowest BCUT2D eigenvalue weighted by Gasteiger charge is -2.07. The maximum absolute atomic E-state index is 13.9. The zero-order valence-electron chi connectivity index (χ0n) is 10.9. The maximum Gasteiger partial charge on any atom is 0.340 e. The molecule has 4 nitrogen and oxygen atoms in total. The maximum atomic E-state index is 13.9. The molecule has 0 fully saturated rings. The highest BCUT2D eigenvalue weighted by Gasteiger charge is 2.14. The van der Waals surface area contributed by atoms with Crippen LogP contribution in [0.15, 0.2) is 36.4 Å². The van der Waals surface area contributed by atoms with Crippen molar-refractivity contribution >= 4 is 23.5 Å². The summed E-state index contributed by atoms with van der Waals surface area (Å²) in [5.41, 5.74) is 0.806. The summed E-state index contributed by atoms with van der Waals surface area (Å²) in [5, 5.41) is 8.95. The van der Waals surface area contributed by atoms with Gasteiger partial charge >= 0.3 is 11.9 Å². The average molecular weight is 309 g/mol. The van der Waals surface area contributed by atoms with E-state index >= 15 is 0 Å². The van der Waals surface area contributed by atoms with E-state index in [9.17, 15) is 14.0 Å². The van der Waals surface area contributed by atoms with Crippen LogP contribution in [0.25, 0.3) is 11.1 Å². The van der Waals surface area contributed by atoms with Crippen LogP contribution in [0.3, 0.4) is 0 Å². The van der Waals surface area contributed by atoms with Gasteiger partial charge in [0.05, 0.1) is 23.3 Å². The molecule has 21 heavy (non-hydrogen) atoms. The van der Waals surface area contributed by atoms with Crippen LogP contribution in [0.4, 0.5) is 4.39 Å². The zero-order chi connectivity index (χ0) is 15.6. The first-order chi connectivity index (χ1) is 9.93. The Labute approximate surface area is 124 Å². The quantitative estimate of drug-likeness (QED) is 0.879. The Kier molecular flexibility index (Phi) is 4.23. The number of ether oxygens (including phenoxy) is 1. The van der Waals surface area contributed by atoms with Crippen LogP contribution >= 0.6 is 11.6 Å². The molecule has 0 radical (unpaired) electrons. The molecular formula is C15H10ClFO4. The van der Waals surface area contributed by atoms with E-state index in [-0.39, 0.29) is 16.1 Å². The lowest BCUT2D eigenvalue weighted by molar-refractivity contribution is 0.0594. The van der Waals surface area contributed by atoms with Crippen LogP contribution in [0.1, 0.15) is 20.7 Å². The first-order valence-electron chi connectivity index (χ1n) is 5.85. The summed E-state index contributed by atoms with van der Waals surface area (Å²) in [6.45, 7) is 0. The van der Waals surface area contributed by atoms with Crippen molar-refractivity contribution in [3.8, 4) is 11.1 Å². The molecule has 0 aliphatic heterocycles. The molecule has 2 rings (SSSR count). The molecule has 0 unspecified atom stereocenters. The Morgan fingerprint density at radius 1 is 1.10 bits per heavy atom.